The summed E-state index contributed by atoms with van der Waals surface area (Å²) in [4.78, 5) is 13.5. The van der Waals surface area contributed by atoms with Crippen LogP contribution < -0.4 is 5.32 Å². The molecule has 20 heavy (non-hydrogen) atoms. The lowest BCUT2D eigenvalue weighted by atomic mass is 10.1. The fraction of sp³-hybridized carbons (Fsp3) is 0.667. The first-order valence-corrected chi connectivity index (χ1v) is 7.03. The molecule has 114 valence electrons. The predicted octanol–water partition coefficient (Wildman–Crippen LogP) is 1.76. The third kappa shape index (κ3) is 5.65. The van der Waals surface area contributed by atoms with E-state index >= 15 is 0 Å². The van der Waals surface area contributed by atoms with Gasteiger partial charge in [-0.25, -0.2) is 4.79 Å². The van der Waals surface area contributed by atoms with Crippen LogP contribution in [0.15, 0.2) is 18.3 Å². The highest BCUT2D eigenvalue weighted by Gasteiger charge is 2.20. The van der Waals surface area contributed by atoms with Crippen molar-refractivity contribution in [3.05, 3.63) is 24.0 Å². The first-order chi connectivity index (χ1) is 9.19. The van der Waals surface area contributed by atoms with Gasteiger partial charge >= 0.3 is 6.03 Å². The number of likely N-dealkylation sites (N-methyl/N-ethyl adjacent to an activating group) is 1. The van der Waals surface area contributed by atoms with E-state index in [2.05, 4.69) is 16.0 Å². The lowest BCUT2D eigenvalue weighted by Crippen LogP contribution is -2.47. The minimum Gasteiger partial charge on any atom is -0.389 e. The summed E-state index contributed by atoms with van der Waals surface area (Å²) in [6.45, 7) is 5.69. The van der Waals surface area contributed by atoms with E-state index < -0.39 is 5.60 Å². The van der Waals surface area contributed by atoms with Gasteiger partial charge in [-0.05, 0) is 45.7 Å². The molecule has 1 atom stereocenters. The topological polar surface area (TPSA) is 57.5 Å². The molecule has 5 heteroatoms. The lowest BCUT2D eigenvalue weighted by Gasteiger charge is -2.27. The number of aliphatic hydroxyl groups is 1. The average molecular weight is 281 g/mol. The van der Waals surface area contributed by atoms with Crippen LogP contribution in [0.2, 0.25) is 0 Å². The van der Waals surface area contributed by atoms with Crippen LogP contribution in [0.4, 0.5) is 4.79 Å². The molecular formula is C15H27N3O2. The van der Waals surface area contributed by atoms with Gasteiger partial charge in [-0.3, -0.25) is 0 Å². The number of carbonyl (C=O) groups is 1. The maximum Gasteiger partial charge on any atom is 0.317 e. The Bertz CT molecular complexity index is 435. The second kappa shape index (κ2) is 6.79. The summed E-state index contributed by atoms with van der Waals surface area (Å²) >= 11 is 0. The van der Waals surface area contributed by atoms with E-state index in [1.54, 1.807) is 20.9 Å². The molecular weight excluding hydrogens is 254 g/mol. The standard InChI is InChI=1S/C15H27N3O2/c1-12(8-9-13-7-6-10-17(13)4)16-14(19)18(5)11-15(2,3)20/h6-7,10,12,20H,8-9,11H2,1-5H3,(H,16,19). The third-order valence-corrected chi connectivity index (χ3v) is 3.23. The summed E-state index contributed by atoms with van der Waals surface area (Å²) in [7, 11) is 3.72. The molecule has 2 N–H and O–H groups in total. The molecule has 1 aromatic heterocycles. The Morgan fingerprint density at radius 3 is 2.70 bits per heavy atom. The van der Waals surface area contributed by atoms with Gasteiger partial charge < -0.3 is 19.9 Å². The lowest BCUT2D eigenvalue weighted by molar-refractivity contribution is 0.0528. The van der Waals surface area contributed by atoms with Crippen LogP contribution in [0.5, 0.6) is 0 Å². The Balaban J connectivity index is 2.36. The number of rotatable bonds is 6. The van der Waals surface area contributed by atoms with Crippen LogP contribution in [0.1, 0.15) is 32.9 Å². The number of urea groups is 1. The number of carbonyl (C=O) groups excluding carboxylic acids is 1. The zero-order valence-corrected chi connectivity index (χ0v) is 13.2. The summed E-state index contributed by atoms with van der Waals surface area (Å²) in [5.41, 5.74) is 0.384. The summed E-state index contributed by atoms with van der Waals surface area (Å²) in [6.07, 6.45) is 3.84. The number of nitrogens with zero attached hydrogens (tertiary/aromatic N) is 2. The van der Waals surface area contributed by atoms with Gasteiger partial charge in [0.15, 0.2) is 0 Å². The molecule has 2 amide bonds. The molecule has 0 aliphatic heterocycles. The molecule has 1 heterocycles. The van der Waals surface area contributed by atoms with Gasteiger partial charge in [0.25, 0.3) is 0 Å². The monoisotopic (exact) mass is 281 g/mol. The highest BCUT2D eigenvalue weighted by atomic mass is 16.3. The van der Waals surface area contributed by atoms with Gasteiger partial charge in [-0.15, -0.1) is 0 Å². The molecule has 0 fully saturated rings. The van der Waals surface area contributed by atoms with E-state index in [1.807, 2.05) is 26.2 Å². The SMILES string of the molecule is CC(CCc1cccn1C)NC(=O)N(C)CC(C)(C)O. The van der Waals surface area contributed by atoms with Crippen LogP contribution >= 0.6 is 0 Å². The molecule has 0 bridgehead atoms. The molecule has 0 saturated heterocycles. The fourth-order valence-corrected chi connectivity index (χ4v) is 2.17. The Morgan fingerprint density at radius 2 is 2.20 bits per heavy atom. The van der Waals surface area contributed by atoms with Gasteiger partial charge in [0.1, 0.15) is 0 Å². The van der Waals surface area contributed by atoms with Crippen LogP contribution in [0.25, 0.3) is 0 Å². The number of hydrogen-bond acceptors (Lipinski definition) is 2. The van der Waals surface area contributed by atoms with Gasteiger partial charge in [-0.2, -0.15) is 0 Å². The van der Waals surface area contributed by atoms with Crippen LogP contribution in [0, 0.1) is 0 Å². The number of hydrogen-bond donors (Lipinski definition) is 2. The summed E-state index contributed by atoms with van der Waals surface area (Å²) in [6, 6.07) is 4.07. The quantitative estimate of drug-likeness (QED) is 0.835. The normalized spacial score (nSPS) is 13.1. The zero-order valence-electron chi connectivity index (χ0n) is 13.2. The predicted molar refractivity (Wildman–Crippen MR) is 80.7 cm³/mol. The van der Waals surface area contributed by atoms with E-state index in [0.717, 1.165) is 12.8 Å². The van der Waals surface area contributed by atoms with Crippen molar-refractivity contribution < 1.29 is 9.90 Å². The highest BCUT2D eigenvalue weighted by molar-refractivity contribution is 5.74. The number of aromatic nitrogens is 1. The van der Waals surface area contributed by atoms with Gasteiger partial charge in [0, 0.05) is 32.0 Å². The van der Waals surface area contributed by atoms with E-state index in [1.165, 1.54) is 10.6 Å². The number of amides is 2. The van der Waals surface area contributed by atoms with E-state index in [9.17, 15) is 9.90 Å². The molecule has 0 aromatic carbocycles. The third-order valence-electron chi connectivity index (χ3n) is 3.23. The first kappa shape index (κ1) is 16.6. The van der Waals surface area contributed by atoms with Crippen LogP contribution in [-0.2, 0) is 13.5 Å². The molecule has 0 aliphatic rings. The van der Waals surface area contributed by atoms with Crippen molar-refractivity contribution in [2.24, 2.45) is 7.05 Å². The minimum atomic E-state index is -0.877. The molecule has 5 nitrogen and oxygen atoms in total. The molecule has 0 spiro atoms. The Labute approximate surface area is 121 Å². The van der Waals surface area contributed by atoms with Crippen molar-refractivity contribution in [3.8, 4) is 0 Å². The first-order valence-electron chi connectivity index (χ1n) is 7.03. The van der Waals surface area contributed by atoms with E-state index in [4.69, 9.17) is 0 Å². The van der Waals surface area contributed by atoms with Gasteiger partial charge in [-0.1, -0.05) is 0 Å². The molecule has 1 rings (SSSR count). The van der Waals surface area contributed by atoms with Crippen molar-refractivity contribution in [2.45, 2.75) is 45.3 Å². The van der Waals surface area contributed by atoms with Crippen molar-refractivity contribution >= 4 is 6.03 Å². The maximum atomic E-state index is 12.0. The van der Waals surface area contributed by atoms with Gasteiger partial charge in [0.2, 0.25) is 0 Å². The van der Waals surface area contributed by atoms with Crippen LogP contribution in [-0.4, -0.2) is 45.8 Å². The Morgan fingerprint density at radius 1 is 1.55 bits per heavy atom. The smallest absolute Gasteiger partial charge is 0.317 e. The summed E-state index contributed by atoms with van der Waals surface area (Å²) in [5, 5.41) is 12.7. The van der Waals surface area contributed by atoms with Crippen LogP contribution in [0.3, 0.4) is 0 Å². The molecule has 0 aliphatic carbocycles. The Kier molecular flexibility index (Phi) is 5.62. The van der Waals surface area contributed by atoms with E-state index in [-0.39, 0.29) is 12.1 Å². The largest absolute Gasteiger partial charge is 0.389 e. The van der Waals surface area contributed by atoms with E-state index in [0.29, 0.717) is 6.54 Å². The fourth-order valence-electron chi connectivity index (χ4n) is 2.17. The van der Waals surface area contributed by atoms with Crippen molar-refractivity contribution in [1.29, 1.82) is 0 Å². The number of nitrogens with one attached hydrogen (secondary N) is 1. The molecule has 0 radical (unpaired) electrons. The second-order valence-electron chi connectivity index (χ2n) is 6.17. The van der Waals surface area contributed by atoms with Crippen molar-refractivity contribution in [2.75, 3.05) is 13.6 Å². The molecule has 1 aromatic rings. The zero-order chi connectivity index (χ0) is 15.3. The molecule has 1 unspecified atom stereocenters. The van der Waals surface area contributed by atoms with Crippen molar-refractivity contribution in [3.63, 3.8) is 0 Å². The van der Waals surface area contributed by atoms with Crippen molar-refractivity contribution in [1.82, 2.24) is 14.8 Å². The maximum absolute atomic E-state index is 12.0. The minimum absolute atomic E-state index is 0.0988. The average Bonchev–Trinajstić information content (AvgIpc) is 2.70. The summed E-state index contributed by atoms with van der Waals surface area (Å²) in [5.74, 6) is 0. The molecule has 0 saturated carbocycles. The highest BCUT2D eigenvalue weighted by Crippen LogP contribution is 2.07. The number of aryl methyl sites for hydroxylation is 2. The summed E-state index contributed by atoms with van der Waals surface area (Å²) < 4.78 is 2.09. The second-order valence-corrected chi connectivity index (χ2v) is 6.17. The van der Waals surface area contributed by atoms with Gasteiger partial charge in [0.05, 0.1) is 12.1 Å². The Hall–Kier alpha value is -1.49.